The molecule has 0 heterocycles. The second-order valence-electron chi connectivity index (χ2n) is 5.75. The van der Waals surface area contributed by atoms with Gasteiger partial charge in [-0.15, -0.1) is 0 Å². The molecule has 1 N–H and O–H groups in total. The Morgan fingerprint density at radius 3 is 2.17 bits per heavy atom. The molecule has 0 bridgehead atoms. The molecule has 0 spiro atoms. The Bertz CT molecular complexity index is 766. The Labute approximate surface area is 144 Å². The van der Waals surface area contributed by atoms with E-state index in [0.717, 1.165) is 48.6 Å². The Hall–Kier alpha value is -1.72. The smallest absolute Gasteiger partial charge is 0.295 e. The lowest BCUT2D eigenvalue weighted by molar-refractivity contribution is -0.0980. The van der Waals surface area contributed by atoms with E-state index in [0.29, 0.717) is 11.8 Å². The van der Waals surface area contributed by atoms with Gasteiger partial charge in [0.1, 0.15) is 11.7 Å². The van der Waals surface area contributed by atoms with Crippen LogP contribution in [0.3, 0.4) is 0 Å². The first-order valence-corrected chi connectivity index (χ1v) is 9.72. The van der Waals surface area contributed by atoms with Crippen molar-refractivity contribution in [3.63, 3.8) is 0 Å². The van der Waals surface area contributed by atoms with Crippen molar-refractivity contribution in [2.45, 2.75) is 57.3 Å². The lowest BCUT2D eigenvalue weighted by Gasteiger charge is -2.16. The van der Waals surface area contributed by atoms with Gasteiger partial charge in [0, 0.05) is 5.39 Å². The molecule has 0 saturated heterocycles. The first kappa shape index (κ1) is 20.3. The number of hydrogen-bond acceptors (Lipinski definition) is 3. The molecule has 2 rings (SSSR count). The van der Waals surface area contributed by atoms with Crippen molar-refractivity contribution in [1.29, 1.82) is 0 Å². The molecule has 0 aliphatic heterocycles. The van der Waals surface area contributed by atoms with Crippen molar-refractivity contribution >= 4 is 27.7 Å². The molecule has 0 fully saturated rings. The van der Waals surface area contributed by atoms with Crippen molar-refractivity contribution in [3.05, 3.63) is 41.5 Å². The van der Waals surface area contributed by atoms with Gasteiger partial charge in [-0.05, 0) is 42.2 Å². The first-order valence-electron chi connectivity index (χ1n) is 8.28. The Morgan fingerprint density at radius 2 is 1.58 bits per heavy atom. The highest BCUT2D eigenvalue weighted by atomic mass is 32.2. The van der Waals surface area contributed by atoms with E-state index in [1.807, 2.05) is 25.0 Å². The summed E-state index contributed by atoms with van der Waals surface area (Å²) in [6.07, 6.45) is 5.52. The van der Waals surface area contributed by atoms with Crippen LogP contribution < -0.4 is 0 Å². The SMILES string of the molecule is C=O.CCCCc1cc2ccccc2c(S(=O)(=O)O)c1CCCC. The minimum atomic E-state index is -4.24. The number of carbonyl (C=O) groups excluding carboxylic acids is 1. The van der Waals surface area contributed by atoms with Crippen molar-refractivity contribution in [2.75, 3.05) is 0 Å². The number of aryl methyl sites for hydroxylation is 1. The summed E-state index contributed by atoms with van der Waals surface area (Å²) >= 11 is 0. The summed E-state index contributed by atoms with van der Waals surface area (Å²) in [6, 6.07) is 9.48. The summed E-state index contributed by atoms with van der Waals surface area (Å²) in [5, 5.41) is 1.50. The van der Waals surface area contributed by atoms with Crippen LogP contribution in [0, 0.1) is 0 Å². The van der Waals surface area contributed by atoms with Gasteiger partial charge >= 0.3 is 0 Å². The maximum Gasteiger partial charge on any atom is 0.295 e. The van der Waals surface area contributed by atoms with Gasteiger partial charge in [-0.25, -0.2) is 0 Å². The highest BCUT2D eigenvalue weighted by Gasteiger charge is 2.22. The predicted molar refractivity (Wildman–Crippen MR) is 98.1 cm³/mol. The van der Waals surface area contributed by atoms with Crippen LogP contribution in [-0.4, -0.2) is 19.8 Å². The van der Waals surface area contributed by atoms with Crippen LogP contribution >= 0.6 is 0 Å². The molecule has 5 heteroatoms. The normalized spacial score (nSPS) is 11.1. The van der Waals surface area contributed by atoms with Gasteiger partial charge in [0.25, 0.3) is 10.1 Å². The largest absolute Gasteiger partial charge is 0.307 e. The fourth-order valence-corrected chi connectivity index (χ4v) is 3.93. The van der Waals surface area contributed by atoms with Crippen LogP contribution in [0.5, 0.6) is 0 Å². The van der Waals surface area contributed by atoms with E-state index in [1.54, 1.807) is 6.07 Å². The van der Waals surface area contributed by atoms with Crippen LogP contribution in [0.15, 0.2) is 35.2 Å². The summed E-state index contributed by atoms with van der Waals surface area (Å²) in [4.78, 5) is 8.12. The molecule has 132 valence electrons. The number of benzene rings is 2. The van der Waals surface area contributed by atoms with Gasteiger partial charge in [0.05, 0.1) is 0 Å². The molecule has 0 aromatic heterocycles. The maximum absolute atomic E-state index is 12.0. The van der Waals surface area contributed by atoms with E-state index in [-0.39, 0.29) is 4.90 Å². The molecular weight excluding hydrogens is 324 g/mol. The summed E-state index contributed by atoms with van der Waals surface area (Å²) < 4.78 is 33.8. The molecule has 0 aliphatic carbocycles. The van der Waals surface area contributed by atoms with E-state index in [2.05, 4.69) is 19.9 Å². The summed E-state index contributed by atoms with van der Waals surface area (Å²) in [7, 11) is -4.24. The van der Waals surface area contributed by atoms with Gasteiger partial charge in [0.15, 0.2) is 0 Å². The average Bonchev–Trinajstić information content (AvgIpc) is 2.58. The number of rotatable bonds is 7. The quantitative estimate of drug-likeness (QED) is 0.742. The lowest BCUT2D eigenvalue weighted by Crippen LogP contribution is -2.08. The monoisotopic (exact) mass is 350 g/mol. The topological polar surface area (TPSA) is 71.4 Å². The molecule has 0 aliphatic rings. The van der Waals surface area contributed by atoms with Crippen molar-refractivity contribution < 1.29 is 17.8 Å². The highest BCUT2D eigenvalue weighted by Crippen LogP contribution is 2.32. The number of fused-ring (bicyclic) bond motifs is 1. The van der Waals surface area contributed by atoms with Crippen LogP contribution in [0.2, 0.25) is 0 Å². The Kier molecular flexibility index (Phi) is 8.08. The third kappa shape index (κ3) is 4.89. The lowest BCUT2D eigenvalue weighted by atomic mass is 9.94. The third-order valence-electron chi connectivity index (χ3n) is 4.03. The zero-order valence-electron chi connectivity index (χ0n) is 14.4. The molecule has 24 heavy (non-hydrogen) atoms. The molecule has 4 nitrogen and oxygen atoms in total. The molecule has 0 atom stereocenters. The van der Waals surface area contributed by atoms with Gasteiger partial charge in [-0.3, -0.25) is 4.55 Å². The fraction of sp³-hybridized carbons (Fsp3) is 0.421. The van der Waals surface area contributed by atoms with Gasteiger partial charge in [-0.2, -0.15) is 8.42 Å². The number of unbranched alkanes of at least 4 members (excludes halogenated alkanes) is 2. The van der Waals surface area contributed by atoms with Gasteiger partial charge in [-0.1, -0.05) is 57.0 Å². The van der Waals surface area contributed by atoms with Crippen molar-refractivity contribution in [3.8, 4) is 0 Å². The second-order valence-corrected chi connectivity index (χ2v) is 7.11. The molecular formula is C19H26O4S. The highest BCUT2D eigenvalue weighted by molar-refractivity contribution is 7.86. The summed E-state index contributed by atoms with van der Waals surface area (Å²) in [6.45, 7) is 6.20. The van der Waals surface area contributed by atoms with Crippen LogP contribution in [0.4, 0.5) is 0 Å². The fourth-order valence-electron chi connectivity index (χ4n) is 2.93. The minimum absolute atomic E-state index is 0.116. The van der Waals surface area contributed by atoms with Crippen LogP contribution in [-0.2, 0) is 27.8 Å². The standard InChI is InChI=1S/C18H24O3S.CH2O/c1-3-5-9-14-13-15-10-7-8-12-17(15)18(22(19,20)21)16(14)11-6-4-2;1-2/h7-8,10,12-13H,3-6,9,11H2,1-2H3,(H,19,20,21);1H2. The van der Waals surface area contributed by atoms with Gasteiger partial charge in [0.2, 0.25) is 0 Å². The Morgan fingerprint density at radius 1 is 1.00 bits per heavy atom. The van der Waals surface area contributed by atoms with Crippen LogP contribution in [0.25, 0.3) is 10.8 Å². The molecule has 0 amide bonds. The van der Waals surface area contributed by atoms with E-state index in [4.69, 9.17) is 4.79 Å². The van der Waals surface area contributed by atoms with E-state index in [1.165, 1.54) is 0 Å². The van der Waals surface area contributed by atoms with E-state index in [9.17, 15) is 13.0 Å². The van der Waals surface area contributed by atoms with Crippen LogP contribution in [0.1, 0.15) is 50.7 Å². The Balaban J connectivity index is 0.00000139. The van der Waals surface area contributed by atoms with Crippen molar-refractivity contribution in [1.82, 2.24) is 0 Å². The maximum atomic E-state index is 12.0. The van der Waals surface area contributed by atoms with E-state index >= 15 is 0 Å². The summed E-state index contributed by atoms with van der Waals surface area (Å²) in [5.74, 6) is 0. The number of carbonyl (C=O) groups is 1. The average molecular weight is 350 g/mol. The van der Waals surface area contributed by atoms with Gasteiger partial charge < -0.3 is 4.79 Å². The second kappa shape index (κ2) is 9.55. The van der Waals surface area contributed by atoms with E-state index < -0.39 is 10.1 Å². The summed E-state index contributed by atoms with van der Waals surface area (Å²) in [5.41, 5.74) is 1.86. The van der Waals surface area contributed by atoms with Crippen molar-refractivity contribution in [2.24, 2.45) is 0 Å². The molecule has 0 unspecified atom stereocenters. The molecule has 0 radical (unpaired) electrons. The zero-order valence-corrected chi connectivity index (χ0v) is 15.2. The number of hydrogen-bond donors (Lipinski definition) is 1. The molecule has 0 saturated carbocycles. The molecule has 2 aromatic carbocycles. The molecule has 2 aromatic rings. The minimum Gasteiger partial charge on any atom is -0.307 e. The first-order chi connectivity index (χ1) is 11.5. The predicted octanol–water partition coefficient (Wildman–Crippen LogP) is 4.59. The third-order valence-corrected chi connectivity index (χ3v) is 5.02. The zero-order chi connectivity index (χ0) is 18.2.